The number of carbonyl (C=O) groups excluding carboxylic acids is 2. The maximum absolute atomic E-state index is 12.3. The molecule has 154 valence electrons. The van der Waals surface area contributed by atoms with Crippen molar-refractivity contribution in [3.05, 3.63) is 59.7 Å². The lowest BCUT2D eigenvalue weighted by molar-refractivity contribution is -0.122. The SMILES string of the molecule is CNS(=O)(=O)Cc1ccccc1CNC(=O)CCN1C(=O)COc2ccccc21. The van der Waals surface area contributed by atoms with Gasteiger partial charge in [0.1, 0.15) is 5.75 Å². The monoisotopic (exact) mass is 417 g/mol. The predicted molar refractivity (Wildman–Crippen MR) is 109 cm³/mol. The topological polar surface area (TPSA) is 105 Å². The zero-order valence-corrected chi connectivity index (χ0v) is 16.9. The van der Waals surface area contributed by atoms with Crippen molar-refractivity contribution in [3.8, 4) is 5.75 Å². The fraction of sp³-hybridized carbons (Fsp3) is 0.300. The molecule has 29 heavy (non-hydrogen) atoms. The van der Waals surface area contributed by atoms with E-state index in [2.05, 4.69) is 10.0 Å². The minimum Gasteiger partial charge on any atom is -0.482 e. The summed E-state index contributed by atoms with van der Waals surface area (Å²) in [6.07, 6.45) is 0.122. The van der Waals surface area contributed by atoms with Gasteiger partial charge in [-0.2, -0.15) is 0 Å². The van der Waals surface area contributed by atoms with Crippen LogP contribution in [0.3, 0.4) is 0 Å². The fourth-order valence-corrected chi connectivity index (χ4v) is 3.88. The smallest absolute Gasteiger partial charge is 0.265 e. The molecule has 8 nitrogen and oxygen atoms in total. The number of hydrogen-bond acceptors (Lipinski definition) is 5. The van der Waals surface area contributed by atoms with Crippen LogP contribution in [0.5, 0.6) is 5.75 Å². The maximum atomic E-state index is 12.3. The minimum absolute atomic E-state index is 0.0497. The van der Waals surface area contributed by atoms with Crippen LogP contribution in [0.25, 0.3) is 0 Å². The van der Waals surface area contributed by atoms with Gasteiger partial charge in [-0.05, 0) is 30.3 Å². The Balaban J connectivity index is 1.58. The molecule has 0 saturated carbocycles. The van der Waals surface area contributed by atoms with Crippen LogP contribution in [0, 0.1) is 0 Å². The predicted octanol–water partition coefficient (Wildman–Crippen LogP) is 1.17. The number of nitrogens with zero attached hydrogens (tertiary/aromatic N) is 1. The molecule has 0 bridgehead atoms. The standard InChI is InChI=1S/C20H23N3O5S/c1-21-29(26,27)14-16-7-3-2-6-15(16)12-22-19(24)10-11-23-17-8-4-5-9-18(17)28-13-20(23)25/h2-9,21H,10-14H2,1H3,(H,22,24). The van der Waals surface area contributed by atoms with Gasteiger partial charge in [0, 0.05) is 19.5 Å². The number of nitrogens with one attached hydrogen (secondary N) is 2. The second-order valence-electron chi connectivity index (χ2n) is 6.56. The normalized spacial score (nSPS) is 13.6. The second-order valence-corrected chi connectivity index (χ2v) is 8.49. The van der Waals surface area contributed by atoms with Gasteiger partial charge in [0.2, 0.25) is 15.9 Å². The molecule has 0 fully saturated rings. The Morgan fingerprint density at radius 3 is 2.55 bits per heavy atom. The van der Waals surface area contributed by atoms with E-state index in [-0.39, 0.29) is 43.7 Å². The molecule has 2 aromatic carbocycles. The fourth-order valence-electron chi connectivity index (χ4n) is 3.04. The van der Waals surface area contributed by atoms with Gasteiger partial charge in [-0.1, -0.05) is 36.4 Å². The van der Waals surface area contributed by atoms with Gasteiger partial charge in [-0.15, -0.1) is 0 Å². The van der Waals surface area contributed by atoms with E-state index in [4.69, 9.17) is 4.74 Å². The quantitative estimate of drug-likeness (QED) is 0.671. The van der Waals surface area contributed by atoms with Gasteiger partial charge < -0.3 is 15.0 Å². The van der Waals surface area contributed by atoms with Crippen molar-refractivity contribution >= 4 is 27.5 Å². The Labute approximate surface area is 169 Å². The van der Waals surface area contributed by atoms with Gasteiger partial charge >= 0.3 is 0 Å². The van der Waals surface area contributed by atoms with Gasteiger partial charge in [-0.25, -0.2) is 13.1 Å². The lowest BCUT2D eigenvalue weighted by Gasteiger charge is -2.29. The average Bonchev–Trinajstić information content (AvgIpc) is 2.72. The summed E-state index contributed by atoms with van der Waals surface area (Å²) in [5.41, 5.74) is 2.01. The first-order chi connectivity index (χ1) is 13.9. The third-order valence-electron chi connectivity index (χ3n) is 4.62. The maximum Gasteiger partial charge on any atom is 0.265 e. The Morgan fingerprint density at radius 2 is 1.79 bits per heavy atom. The van der Waals surface area contributed by atoms with Crippen molar-refractivity contribution < 1.29 is 22.7 Å². The van der Waals surface area contributed by atoms with E-state index in [9.17, 15) is 18.0 Å². The summed E-state index contributed by atoms with van der Waals surface area (Å²) >= 11 is 0. The van der Waals surface area contributed by atoms with E-state index in [1.54, 1.807) is 41.3 Å². The van der Waals surface area contributed by atoms with Gasteiger partial charge in [-0.3, -0.25) is 9.59 Å². The summed E-state index contributed by atoms with van der Waals surface area (Å²) in [5, 5.41) is 2.80. The van der Waals surface area contributed by atoms with Crippen LogP contribution in [0.2, 0.25) is 0 Å². The minimum atomic E-state index is -3.41. The first-order valence-electron chi connectivity index (χ1n) is 9.16. The summed E-state index contributed by atoms with van der Waals surface area (Å²) in [5.74, 6) is 0.0357. The van der Waals surface area contributed by atoms with Crippen molar-refractivity contribution in [2.24, 2.45) is 0 Å². The zero-order chi connectivity index (χ0) is 20.9. The molecule has 0 aliphatic carbocycles. The van der Waals surface area contributed by atoms with Crippen LogP contribution in [0.15, 0.2) is 48.5 Å². The highest BCUT2D eigenvalue weighted by atomic mass is 32.2. The van der Waals surface area contributed by atoms with Gasteiger partial charge in [0.15, 0.2) is 6.61 Å². The molecule has 1 heterocycles. The molecule has 3 rings (SSSR count). The van der Waals surface area contributed by atoms with Crippen LogP contribution in [0.1, 0.15) is 17.5 Å². The van der Waals surface area contributed by atoms with Crippen molar-refractivity contribution in [1.82, 2.24) is 10.0 Å². The number of carbonyl (C=O) groups is 2. The van der Waals surface area contributed by atoms with E-state index in [0.717, 1.165) is 5.56 Å². The van der Waals surface area contributed by atoms with Crippen molar-refractivity contribution in [3.63, 3.8) is 0 Å². The van der Waals surface area contributed by atoms with Crippen molar-refractivity contribution in [2.75, 3.05) is 25.1 Å². The molecule has 9 heteroatoms. The molecular weight excluding hydrogens is 394 g/mol. The molecule has 0 saturated heterocycles. The number of amides is 2. The van der Waals surface area contributed by atoms with Gasteiger partial charge in [0.25, 0.3) is 5.91 Å². The van der Waals surface area contributed by atoms with Crippen LogP contribution in [0.4, 0.5) is 5.69 Å². The molecule has 0 aromatic heterocycles. The number of rotatable bonds is 8. The van der Waals surface area contributed by atoms with E-state index in [1.165, 1.54) is 7.05 Å². The van der Waals surface area contributed by atoms with Crippen molar-refractivity contribution in [2.45, 2.75) is 18.7 Å². The molecule has 1 aliphatic rings. The number of sulfonamides is 1. The third-order valence-corrected chi connectivity index (χ3v) is 5.93. The molecule has 1 aliphatic heterocycles. The average molecular weight is 417 g/mol. The molecule has 2 amide bonds. The second kappa shape index (κ2) is 9.06. The summed E-state index contributed by atoms with van der Waals surface area (Å²) in [4.78, 5) is 26.0. The molecule has 0 spiro atoms. The third kappa shape index (κ3) is 5.33. The molecule has 0 atom stereocenters. The highest BCUT2D eigenvalue weighted by molar-refractivity contribution is 7.88. The Bertz CT molecular complexity index is 1010. The number of fused-ring (bicyclic) bond motifs is 1. The molecular formula is C20H23N3O5S. The van der Waals surface area contributed by atoms with Crippen LogP contribution < -0.4 is 19.7 Å². The molecule has 2 N–H and O–H groups in total. The van der Waals surface area contributed by atoms with Gasteiger partial charge in [0.05, 0.1) is 11.4 Å². The molecule has 0 unspecified atom stereocenters. The Kier molecular flexibility index (Phi) is 6.50. The highest BCUT2D eigenvalue weighted by Gasteiger charge is 2.25. The molecule has 0 radical (unpaired) electrons. The van der Waals surface area contributed by atoms with Crippen LogP contribution in [-0.4, -0.2) is 40.4 Å². The van der Waals surface area contributed by atoms with E-state index >= 15 is 0 Å². The number of hydrogen-bond donors (Lipinski definition) is 2. The van der Waals surface area contributed by atoms with Crippen molar-refractivity contribution in [1.29, 1.82) is 0 Å². The van der Waals surface area contributed by atoms with E-state index < -0.39 is 10.0 Å². The summed E-state index contributed by atoms with van der Waals surface area (Å²) in [6.45, 7) is 0.397. The summed E-state index contributed by atoms with van der Waals surface area (Å²) < 4.78 is 31.3. The molecule has 2 aromatic rings. The first kappa shape index (κ1) is 20.8. The van der Waals surface area contributed by atoms with E-state index in [0.29, 0.717) is 17.0 Å². The summed E-state index contributed by atoms with van der Waals surface area (Å²) in [7, 11) is -2.05. The lowest BCUT2D eigenvalue weighted by atomic mass is 10.1. The zero-order valence-electron chi connectivity index (χ0n) is 16.1. The van der Waals surface area contributed by atoms with Crippen LogP contribution >= 0.6 is 0 Å². The first-order valence-corrected chi connectivity index (χ1v) is 10.8. The number of para-hydroxylation sites is 2. The lowest BCUT2D eigenvalue weighted by Crippen LogP contribution is -2.41. The highest BCUT2D eigenvalue weighted by Crippen LogP contribution is 2.31. The summed E-state index contributed by atoms with van der Waals surface area (Å²) in [6, 6.07) is 14.2. The Morgan fingerprint density at radius 1 is 1.10 bits per heavy atom. The van der Waals surface area contributed by atoms with E-state index in [1.807, 2.05) is 12.1 Å². The Hall–Kier alpha value is -2.91. The van der Waals surface area contributed by atoms with Crippen LogP contribution in [-0.2, 0) is 31.9 Å². The number of ether oxygens (including phenoxy) is 1. The largest absolute Gasteiger partial charge is 0.482 e. The number of benzene rings is 2. The number of anilines is 1.